The van der Waals surface area contributed by atoms with Crippen molar-refractivity contribution in [1.29, 1.82) is 0 Å². The molecular weight excluding hydrogens is 480 g/mol. The van der Waals surface area contributed by atoms with Crippen LogP contribution >= 0.6 is 0 Å². The third-order valence-electron chi connectivity index (χ3n) is 13.7. The number of aliphatic hydroxyl groups excluding tert-OH is 2. The topological polar surface area (TPSA) is 77.4 Å². The Bertz CT molecular complexity index is 793. The lowest BCUT2D eigenvalue weighted by Gasteiger charge is -2.40. The third-order valence-corrected chi connectivity index (χ3v) is 13.7. The minimum atomic E-state index is -0.818. The van der Waals surface area contributed by atoms with E-state index in [-0.39, 0.29) is 0 Å². The molecule has 212 valence electrons. The van der Waals surface area contributed by atoms with Gasteiger partial charge in [-0.05, 0) is 75.0 Å². The van der Waals surface area contributed by atoms with E-state index < -0.39 is 48.2 Å². The Kier molecular flexibility index (Phi) is 5.54. The van der Waals surface area contributed by atoms with Gasteiger partial charge >= 0.3 is 0 Å². The van der Waals surface area contributed by atoms with E-state index in [0.29, 0.717) is 47.3 Å². The minimum absolute atomic E-state index is 0.392. The van der Waals surface area contributed by atoms with E-state index in [1.54, 1.807) is 0 Å². The molecule has 0 bridgehead atoms. The molecule has 9 aliphatic rings. The van der Waals surface area contributed by atoms with Crippen LogP contribution in [0.5, 0.6) is 0 Å². The van der Waals surface area contributed by atoms with Crippen LogP contribution in [0.3, 0.4) is 0 Å². The van der Waals surface area contributed by atoms with Gasteiger partial charge in [-0.2, -0.15) is 0 Å². The lowest BCUT2D eigenvalue weighted by Crippen LogP contribution is -2.61. The van der Waals surface area contributed by atoms with E-state index in [0.717, 1.165) is 25.7 Å². The van der Waals surface area contributed by atoms with Gasteiger partial charge in [0, 0.05) is 23.7 Å². The average Bonchev–Trinajstić information content (AvgIpc) is 3.71. The van der Waals surface area contributed by atoms with E-state index in [9.17, 15) is 10.2 Å². The van der Waals surface area contributed by atoms with Gasteiger partial charge in [-0.1, -0.05) is 51.4 Å². The minimum Gasteiger partial charge on any atom is -0.387 e. The molecule has 6 heteroatoms. The lowest BCUT2D eigenvalue weighted by atomic mass is 9.73. The van der Waals surface area contributed by atoms with E-state index in [2.05, 4.69) is 0 Å². The van der Waals surface area contributed by atoms with Crippen molar-refractivity contribution < 1.29 is 29.2 Å². The van der Waals surface area contributed by atoms with Crippen LogP contribution in [0.15, 0.2) is 0 Å². The molecule has 0 aromatic heterocycles. The van der Waals surface area contributed by atoms with E-state index in [1.165, 1.54) is 77.0 Å². The number of hydrogen-bond donors (Lipinski definition) is 2. The van der Waals surface area contributed by atoms with Gasteiger partial charge in [0.15, 0.2) is 11.6 Å². The molecule has 2 spiro atoms. The zero-order chi connectivity index (χ0) is 25.2. The zero-order valence-electron chi connectivity index (χ0n) is 22.9. The standard InChI is InChI=1S/C32H48O6/c33-25-27-28(36-31(35-27)21-13-5-1-9-17(21)18-10-2-6-14-22(18)31)26(34)30-29(25)37-32(38-30)23-15-7-3-11-19(23)20-12-4-8-16-24(20)32/h17-30,33-34H,1-16H2/t17?,18?,19?,20?,21?,22?,23?,24?,25?,26?,27-,28-,29+,30?,31?,32?/m0/s1. The van der Waals surface area contributed by atoms with Crippen molar-refractivity contribution in [2.24, 2.45) is 47.3 Å². The highest BCUT2D eigenvalue weighted by atomic mass is 16.8. The average molecular weight is 529 g/mol. The Morgan fingerprint density at radius 3 is 0.868 bits per heavy atom. The molecule has 2 saturated heterocycles. The van der Waals surface area contributed by atoms with Crippen LogP contribution in [0.1, 0.15) is 103 Å². The van der Waals surface area contributed by atoms with Crippen molar-refractivity contribution >= 4 is 0 Å². The molecule has 7 aliphatic carbocycles. The van der Waals surface area contributed by atoms with Crippen molar-refractivity contribution in [3.05, 3.63) is 0 Å². The van der Waals surface area contributed by atoms with Crippen LogP contribution in [0, 0.1) is 47.3 Å². The quantitative estimate of drug-likeness (QED) is 0.464. The highest BCUT2D eigenvalue weighted by Gasteiger charge is 2.74. The summed E-state index contributed by atoms with van der Waals surface area (Å²) < 4.78 is 28.2. The fraction of sp³-hybridized carbons (Fsp3) is 1.00. The van der Waals surface area contributed by atoms with E-state index in [1.807, 2.05) is 0 Å². The number of aliphatic hydroxyl groups is 2. The molecule has 2 aliphatic heterocycles. The Morgan fingerprint density at radius 1 is 0.368 bits per heavy atom. The second-order valence-electron chi connectivity index (χ2n) is 15.0. The summed E-state index contributed by atoms with van der Waals surface area (Å²) in [6.45, 7) is 0. The molecule has 11 unspecified atom stereocenters. The Hall–Kier alpha value is -0.240. The predicted molar refractivity (Wildman–Crippen MR) is 139 cm³/mol. The fourth-order valence-corrected chi connectivity index (χ4v) is 12.5. The number of rotatable bonds is 0. The van der Waals surface area contributed by atoms with Gasteiger partial charge in [0.1, 0.15) is 36.6 Å². The predicted octanol–water partition coefficient (Wildman–Crippen LogP) is 4.94. The molecule has 6 nitrogen and oxygen atoms in total. The summed E-state index contributed by atoms with van der Waals surface area (Å²) in [4.78, 5) is 0. The normalized spacial score (nSPS) is 62.7. The summed E-state index contributed by atoms with van der Waals surface area (Å²) in [5, 5.41) is 23.8. The molecule has 0 radical (unpaired) electrons. The highest BCUT2D eigenvalue weighted by molar-refractivity contribution is 5.17. The molecule has 38 heavy (non-hydrogen) atoms. The molecule has 2 N–H and O–H groups in total. The molecular formula is C32H48O6. The first kappa shape index (κ1) is 24.4. The first-order valence-electron chi connectivity index (χ1n) is 16.7. The van der Waals surface area contributed by atoms with Gasteiger partial charge in [0.2, 0.25) is 0 Å². The van der Waals surface area contributed by atoms with E-state index in [4.69, 9.17) is 18.9 Å². The molecule has 7 saturated carbocycles. The van der Waals surface area contributed by atoms with Crippen molar-refractivity contribution in [2.75, 3.05) is 0 Å². The summed E-state index contributed by atoms with van der Waals surface area (Å²) in [6, 6.07) is 0. The molecule has 0 aromatic carbocycles. The first-order valence-corrected chi connectivity index (χ1v) is 16.7. The molecule has 14 atom stereocenters. The van der Waals surface area contributed by atoms with Crippen molar-refractivity contribution in [3.8, 4) is 0 Å². The van der Waals surface area contributed by atoms with Crippen LogP contribution in [0.4, 0.5) is 0 Å². The van der Waals surface area contributed by atoms with Crippen molar-refractivity contribution in [2.45, 2.75) is 151 Å². The molecule has 2 heterocycles. The second-order valence-corrected chi connectivity index (χ2v) is 15.0. The van der Waals surface area contributed by atoms with Crippen LogP contribution < -0.4 is 0 Å². The van der Waals surface area contributed by atoms with Gasteiger partial charge in [0.25, 0.3) is 0 Å². The second kappa shape index (κ2) is 8.64. The van der Waals surface area contributed by atoms with Gasteiger partial charge in [-0.3, -0.25) is 0 Å². The SMILES string of the molecule is OC1C2OC3(O[C@@H]2C(O)[C@@H]2OC4(O[C@@H]12)C1CCCCC1C1CCCCC14)C1CCCCC1C1CCCCC13. The third kappa shape index (κ3) is 3.01. The van der Waals surface area contributed by atoms with Gasteiger partial charge < -0.3 is 29.2 Å². The van der Waals surface area contributed by atoms with Crippen LogP contribution in [0.25, 0.3) is 0 Å². The summed E-state index contributed by atoms with van der Waals surface area (Å²) in [6.07, 6.45) is 16.2. The first-order chi connectivity index (χ1) is 18.6. The van der Waals surface area contributed by atoms with Crippen LogP contribution in [-0.2, 0) is 18.9 Å². The van der Waals surface area contributed by atoms with Gasteiger partial charge in [-0.15, -0.1) is 0 Å². The number of ether oxygens (including phenoxy) is 4. The monoisotopic (exact) mass is 528 g/mol. The van der Waals surface area contributed by atoms with Gasteiger partial charge in [0.05, 0.1) is 0 Å². The summed E-state index contributed by atoms with van der Waals surface area (Å²) in [5.41, 5.74) is 0. The maximum atomic E-state index is 11.9. The Labute approximate surface area is 227 Å². The van der Waals surface area contributed by atoms with Crippen LogP contribution in [0.2, 0.25) is 0 Å². The molecule has 0 aromatic rings. The van der Waals surface area contributed by atoms with Gasteiger partial charge in [-0.25, -0.2) is 0 Å². The zero-order valence-corrected chi connectivity index (χ0v) is 22.9. The Balaban J connectivity index is 1.04. The summed E-state index contributed by atoms with van der Waals surface area (Å²) in [7, 11) is 0. The summed E-state index contributed by atoms with van der Waals surface area (Å²) >= 11 is 0. The fourth-order valence-electron chi connectivity index (χ4n) is 12.5. The van der Waals surface area contributed by atoms with Crippen molar-refractivity contribution in [1.82, 2.24) is 0 Å². The van der Waals surface area contributed by atoms with E-state index >= 15 is 0 Å². The Morgan fingerprint density at radius 2 is 0.605 bits per heavy atom. The van der Waals surface area contributed by atoms with Crippen molar-refractivity contribution in [3.63, 3.8) is 0 Å². The number of hydrogen-bond acceptors (Lipinski definition) is 6. The maximum Gasteiger partial charge on any atom is 0.175 e. The maximum absolute atomic E-state index is 11.9. The number of fused-ring (bicyclic) bond motifs is 12. The molecule has 9 fully saturated rings. The molecule has 9 rings (SSSR count). The summed E-state index contributed by atoms with van der Waals surface area (Å²) in [5.74, 6) is 2.97. The smallest absolute Gasteiger partial charge is 0.175 e. The lowest BCUT2D eigenvalue weighted by molar-refractivity contribution is -0.261. The largest absolute Gasteiger partial charge is 0.387 e. The highest BCUT2D eigenvalue weighted by Crippen LogP contribution is 2.67. The van der Waals surface area contributed by atoms with Crippen LogP contribution in [-0.4, -0.2) is 58.4 Å². The molecule has 0 amide bonds.